The zero-order chi connectivity index (χ0) is 16.1. The second-order valence-corrected chi connectivity index (χ2v) is 6.08. The summed E-state index contributed by atoms with van der Waals surface area (Å²) in [5.41, 5.74) is 4.94. The summed E-state index contributed by atoms with van der Waals surface area (Å²) in [4.78, 5) is 17.3. The summed E-state index contributed by atoms with van der Waals surface area (Å²) in [5, 5.41) is 4.24. The van der Waals surface area contributed by atoms with Gasteiger partial charge in [0.25, 0.3) is 0 Å². The molecule has 0 fully saturated rings. The average molecular weight is 299 g/mol. The fraction of sp³-hybridized carbons (Fsp3) is 0.143. The van der Waals surface area contributed by atoms with Gasteiger partial charge in [-0.05, 0) is 43.4 Å². The lowest BCUT2D eigenvalue weighted by Crippen LogP contribution is -2.01. The van der Waals surface area contributed by atoms with Gasteiger partial charge in [-0.2, -0.15) is 0 Å². The Bertz CT molecular complexity index is 1110. The van der Waals surface area contributed by atoms with Gasteiger partial charge < -0.3 is 0 Å². The van der Waals surface area contributed by atoms with E-state index in [1.54, 1.807) is 6.92 Å². The third kappa shape index (κ3) is 1.88. The van der Waals surface area contributed by atoms with Crippen molar-refractivity contribution in [1.82, 2.24) is 4.98 Å². The number of nitrogens with zero attached hydrogens (tertiary/aromatic N) is 1. The summed E-state index contributed by atoms with van der Waals surface area (Å²) in [5.74, 6) is 0.0892. The Hall–Kier alpha value is -2.74. The van der Waals surface area contributed by atoms with Gasteiger partial charge in [0.05, 0.1) is 11.0 Å². The van der Waals surface area contributed by atoms with Gasteiger partial charge in [-0.1, -0.05) is 42.5 Å². The molecule has 4 aromatic rings. The number of rotatable bonds is 1. The number of para-hydroxylation sites is 1. The van der Waals surface area contributed by atoms with Crippen molar-refractivity contribution in [3.8, 4) is 0 Å². The Morgan fingerprint density at radius 1 is 0.826 bits per heavy atom. The molecule has 1 heterocycles. The van der Waals surface area contributed by atoms with Crippen LogP contribution in [0, 0.1) is 13.8 Å². The molecule has 0 bridgehead atoms. The maximum atomic E-state index is 12.4. The lowest BCUT2D eigenvalue weighted by Gasteiger charge is -2.15. The number of hydrogen-bond donors (Lipinski definition) is 0. The van der Waals surface area contributed by atoms with Crippen molar-refractivity contribution in [3.63, 3.8) is 0 Å². The number of carbonyl (C=O) groups is 1. The van der Waals surface area contributed by atoms with Crippen molar-refractivity contribution in [2.75, 3.05) is 0 Å². The highest BCUT2D eigenvalue weighted by molar-refractivity contribution is 6.22. The Morgan fingerprint density at radius 3 is 2.13 bits per heavy atom. The van der Waals surface area contributed by atoms with Gasteiger partial charge in [0.2, 0.25) is 0 Å². The van der Waals surface area contributed by atoms with Crippen LogP contribution < -0.4 is 0 Å². The number of fused-ring (bicyclic) bond motifs is 4. The van der Waals surface area contributed by atoms with Crippen molar-refractivity contribution in [1.29, 1.82) is 0 Å². The van der Waals surface area contributed by atoms with E-state index in [1.165, 1.54) is 10.9 Å². The Kier molecular flexibility index (Phi) is 2.95. The van der Waals surface area contributed by atoms with Gasteiger partial charge in [0, 0.05) is 21.7 Å². The minimum absolute atomic E-state index is 0.0892. The van der Waals surface area contributed by atoms with Crippen LogP contribution in [0.3, 0.4) is 0 Å². The van der Waals surface area contributed by atoms with Crippen molar-refractivity contribution >= 4 is 38.4 Å². The Balaban J connectivity index is 2.41. The highest BCUT2D eigenvalue weighted by Crippen LogP contribution is 2.36. The van der Waals surface area contributed by atoms with E-state index >= 15 is 0 Å². The second-order valence-electron chi connectivity index (χ2n) is 6.08. The first-order valence-corrected chi connectivity index (χ1v) is 7.81. The average Bonchev–Trinajstić information content (AvgIpc) is 2.57. The normalized spacial score (nSPS) is 11.4. The molecule has 2 heteroatoms. The molecule has 0 N–H and O–H groups in total. The van der Waals surface area contributed by atoms with Gasteiger partial charge in [-0.3, -0.25) is 4.79 Å². The summed E-state index contributed by atoms with van der Waals surface area (Å²) in [6.07, 6.45) is 0. The number of aromatic nitrogens is 1. The maximum Gasteiger partial charge on any atom is 0.161 e. The van der Waals surface area contributed by atoms with Gasteiger partial charge in [-0.15, -0.1) is 0 Å². The molecule has 23 heavy (non-hydrogen) atoms. The number of ketones is 1. The molecular weight excluding hydrogens is 282 g/mol. The van der Waals surface area contributed by atoms with E-state index in [9.17, 15) is 4.79 Å². The van der Waals surface area contributed by atoms with E-state index in [0.717, 1.165) is 38.3 Å². The van der Waals surface area contributed by atoms with Crippen LogP contribution in [0.25, 0.3) is 32.6 Å². The zero-order valence-corrected chi connectivity index (χ0v) is 13.5. The highest BCUT2D eigenvalue weighted by Gasteiger charge is 2.18. The van der Waals surface area contributed by atoms with Crippen molar-refractivity contribution < 1.29 is 4.79 Å². The van der Waals surface area contributed by atoms with E-state index in [4.69, 9.17) is 4.98 Å². The minimum Gasteiger partial charge on any atom is -0.294 e. The fourth-order valence-electron chi connectivity index (χ4n) is 3.54. The van der Waals surface area contributed by atoms with Crippen LogP contribution in [0.2, 0.25) is 0 Å². The molecule has 0 amide bonds. The first kappa shape index (κ1) is 13.9. The number of hydrogen-bond acceptors (Lipinski definition) is 2. The number of aryl methyl sites for hydroxylation is 2. The summed E-state index contributed by atoms with van der Waals surface area (Å²) in [6, 6.07) is 16.2. The largest absolute Gasteiger partial charge is 0.294 e. The molecule has 0 radical (unpaired) electrons. The Labute approximate surface area is 134 Å². The molecule has 0 unspecified atom stereocenters. The molecule has 1 aromatic heterocycles. The lowest BCUT2D eigenvalue weighted by molar-refractivity contribution is 0.102. The van der Waals surface area contributed by atoms with E-state index in [2.05, 4.69) is 26.0 Å². The number of pyridine rings is 1. The fourth-order valence-corrected chi connectivity index (χ4v) is 3.54. The van der Waals surface area contributed by atoms with E-state index in [0.29, 0.717) is 0 Å². The molecule has 4 rings (SSSR count). The van der Waals surface area contributed by atoms with Crippen molar-refractivity contribution in [2.24, 2.45) is 0 Å². The number of carbonyl (C=O) groups excluding carboxylic acids is 1. The molecule has 0 aliphatic heterocycles. The zero-order valence-electron chi connectivity index (χ0n) is 13.5. The van der Waals surface area contributed by atoms with Gasteiger partial charge >= 0.3 is 0 Å². The smallest absolute Gasteiger partial charge is 0.161 e. The number of Topliss-reactive ketones (excluding diaryl/α,β-unsaturated/α-hetero) is 1. The molecule has 0 spiro atoms. The topological polar surface area (TPSA) is 30.0 Å². The summed E-state index contributed by atoms with van der Waals surface area (Å²) in [7, 11) is 0. The molecule has 0 saturated carbocycles. The van der Waals surface area contributed by atoms with Gasteiger partial charge in [0.15, 0.2) is 5.78 Å². The van der Waals surface area contributed by atoms with Gasteiger partial charge in [-0.25, -0.2) is 4.98 Å². The van der Waals surface area contributed by atoms with E-state index in [-0.39, 0.29) is 5.78 Å². The van der Waals surface area contributed by atoms with Crippen molar-refractivity contribution in [2.45, 2.75) is 20.8 Å². The number of benzene rings is 3. The SMILES string of the molecule is CC(=O)c1c2ccccc2nc2c1c(C)c(C)c1ccccc12. The van der Waals surface area contributed by atoms with Crippen LogP contribution in [-0.4, -0.2) is 10.8 Å². The van der Waals surface area contributed by atoms with Crippen molar-refractivity contribution in [3.05, 3.63) is 65.2 Å². The first-order chi connectivity index (χ1) is 11.1. The van der Waals surface area contributed by atoms with E-state index in [1.807, 2.05) is 36.4 Å². The highest BCUT2D eigenvalue weighted by atomic mass is 16.1. The maximum absolute atomic E-state index is 12.4. The predicted octanol–water partition coefficient (Wildman–Crippen LogP) is 5.36. The molecule has 2 nitrogen and oxygen atoms in total. The van der Waals surface area contributed by atoms with Gasteiger partial charge in [0.1, 0.15) is 0 Å². The molecule has 0 aliphatic carbocycles. The standard InChI is InChI=1S/C21H17NO/c1-12-13(2)19-20(14(3)23)17-10-6-7-11-18(17)22-21(19)16-9-5-4-8-15(12)16/h4-11H,1-3H3. The predicted molar refractivity (Wildman–Crippen MR) is 96.2 cm³/mol. The summed E-state index contributed by atoms with van der Waals surface area (Å²) in [6.45, 7) is 5.86. The minimum atomic E-state index is 0.0892. The van der Waals surface area contributed by atoms with Crippen LogP contribution in [0.15, 0.2) is 48.5 Å². The summed E-state index contributed by atoms with van der Waals surface area (Å²) >= 11 is 0. The lowest BCUT2D eigenvalue weighted by atomic mass is 9.90. The van der Waals surface area contributed by atoms with Crippen LogP contribution in [0.4, 0.5) is 0 Å². The second kappa shape index (κ2) is 4.88. The van der Waals surface area contributed by atoms with Crippen LogP contribution >= 0.6 is 0 Å². The first-order valence-electron chi connectivity index (χ1n) is 7.81. The third-order valence-corrected chi connectivity index (χ3v) is 4.77. The Morgan fingerprint density at radius 2 is 1.43 bits per heavy atom. The van der Waals surface area contributed by atoms with Crippen LogP contribution in [0.1, 0.15) is 28.4 Å². The third-order valence-electron chi connectivity index (χ3n) is 4.77. The monoisotopic (exact) mass is 299 g/mol. The van der Waals surface area contributed by atoms with Crippen LogP contribution in [-0.2, 0) is 0 Å². The molecule has 0 atom stereocenters. The molecule has 0 aliphatic rings. The molecule has 3 aromatic carbocycles. The summed E-state index contributed by atoms with van der Waals surface area (Å²) < 4.78 is 0. The molecule has 0 saturated heterocycles. The van der Waals surface area contributed by atoms with E-state index < -0.39 is 0 Å². The molecular formula is C21H17NO. The molecule has 112 valence electrons. The van der Waals surface area contributed by atoms with Crippen LogP contribution in [0.5, 0.6) is 0 Å². The quantitative estimate of drug-likeness (QED) is 0.269.